The van der Waals surface area contributed by atoms with Gasteiger partial charge in [0.05, 0.1) is 0 Å². The van der Waals surface area contributed by atoms with Crippen molar-refractivity contribution >= 4 is 12.6 Å². The van der Waals surface area contributed by atoms with Gasteiger partial charge in [0.25, 0.3) is 0 Å². The summed E-state index contributed by atoms with van der Waals surface area (Å²) in [4.78, 5) is 8.98. The monoisotopic (exact) mass is 233 g/mol. The van der Waals surface area contributed by atoms with E-state index in [4.69, 9.17) is 0 Å². The molecule has 0 spiro atoms. The van der Waals surface area contributed by atoms with E-state index in [2.05, 4.69) is 12.6 Å². The summed E-state index contributed by atoms with van der Waals surface area (Å²) < 4.78 is 0. The Morgan fingerprint density at radius 1 is 1.19 bits per heavy atom. The summed E-state index contributed by atoms with van der Waals surface area (Å²) in [5.41, 5.74) is 1.12. The Bertz CT molecular complexity index is 439. The van der Waals surface area contributed by atoms with Crippen molar-refractivity contribution in [2.24, 2.45) is 0 Å². The summed E-state index contributed by atoms with van der Waals surface area (Å²) in [5, 5.41) is 10.7. The lowest BCUT2D eigenvalue weighted by Gasteiger charge is -2.18. The molecule has 1 aliphatic rings. The summed E-state index contributed by atoms with van der Waals surface area (Å²) in [7, 11) is 0. The average Bonchev–Trinajstić information content (AvgIpc) is 2.31. The Hall–Kier alpha value is -1.55. The van der Waals surface area contributed by atoms with Gasteiger partial charge in [0.1, 0.15) is 0 Å². The quantitative estimate of drug-likeness (QED) is 0.280. The summed E-state index contributed by atoms with van der Waals surface area (Å²) in [6.45, 7) is 0. The molecule has 0 amide bonds. The Morgan fingerprint density at radius 3 is 2.25 bits per heavy atom. The Morgan fingerprint density at radius 2 is 1.75 bits per heavy atom. The predicted octanol–water partition coefficient (Wildman–Crippen LogP) is 2.80. The molecular weight excluding hydrogens is 222 g/mol. The average molecular weight is 233 g/mol. The van der Waals surface area contributed by atoms with Crippen LogP contribution in [0, 0.1) is 10.1 Å². The number of nitro groups is 1. The maximum absolute atomic E-state index is 10.7. The number of thiol groups is 1. The molecule has 16 heavy (non-hydrogen) atoms. The maximum Gasteiger partial charge on any atom is 0.301 e. The zero-order valence-electron chi connectivity index (χ0n) is 8.48. The van der Waals surface area contributed by atoms with Crippen LogP contribution in [0.2, 0.25) is 0 Å². The van der Waals surface area contributed by atoms with Crippen LogP contribution in [-0.4, -0.2) is 9.79 Å². The minimum Gasteiger partial charge on any atom is -0.262 e. The van der Waals surface area contributed by atoms with Gasteiger partial charge in [0, 0.05) is 23.0 Å². The fourth-order valence-electron chi connectivity index (χ4n) is 1.63. The van der Waals surface area contributed by atoms with Crippen LogP contribution in [0.25, 0.3) is 0 Å². The summed E-state index contributed by atoms with van der Waals surface area (Å²) >= 11 is 4.03. The number of hydrogen-bond acceptors (Lipinski definition) is 3. The van der Waals surface area contributed by atoms with Gasteiger partial charge in [-0.05, 0) is 5.56 Å². The third kappa shape index (κ3) is 2.02. The predicted molar refractivity (Wildman–Crippen MR) is 66.2 cm³/mol. The molecule has 4 heteroatoms. The molecule has 0 aromatic heterocycles. The second kappa shape index (κ2) is 4.14. The lowest BCUT2D eigenvalue weighted by atomic mass is 9.93. The first-order valence-corrected chi connectivity index (χ1v) is 5.37. The summed E-state index contributed by atoms with van der Waals surface area (Å²) in [6.07, 6.45) is 6.66. The topological polar surface area (TPSA) is 43.1 Å². The van der Waals surface area contributed by atoms with Crippen molar-refractivity contribution in [3.8, 4) is 0 Å². The largest absolute Gasteiger partial charge is 0.301 e. The highest BCUT2D eigenvalue weighted by molar-refractivity contribution is 7.82. The first-order valence-electron chi connectivity index (χ1n) is 4.92. The second-order valence-corrected chi connectivity index (χ2v) is 4.41. The van der Waals surface area contributed by atoms with Crippen LogP contribution in [0.3, 0.4) is 0 Å². The van der Waals surface area contributed by atoms with Gasteiger partial charge in [-0.1, -0.05) is 55.1 Å². The molecule has 0 saturated heterocycles. The van der Waals surface area contributed by atoms with Gasteiger partial charge in [-0.2, -0.15) is 0 Å². The van der Waals surface area contributed by atoms with E-state index in [9.17, 15) is 10.1 Å². The van der Waals surface area contributed by atoms with Gasteiger partial charge in [-0.25, -0.2) is 0 Å². The highest BCUT2D eigenvalue weighted by Gasteiger charge is 2.34. The highest BCUT2D eigenvalue weighted by Crippen LogP contribution is 2.30. The minimum atomic E-state index is -1.36. The van der Waals surface area contributed by atoms with Crippen LogP contribution in [0.1, 0.15) is 11.5 Å². The molecule has 82 valence electrons. The molecule has 3 nitrogen and oxygen atoms in total. The van der Waals surface area contributed by atoms with Crippen LogP contribution >= 0.6 is 12.6 Å². The van der Waals surface area contributed by atoms with Crippen molar-refractivity contribution in [3.63, 3.8) is 0 Å². The third-order valence-electron chi connectivity index (χ3n) is 2.57. The number of benzene rings is 1. The number of rotatable bonds is 2. The Labute approximate surface area is 99.0 Å². The zero-order valence-corrected chi connectivity index (χ0v) is 9.38. The Kier molecular flexibility index (Phi) is 2.83. The molecule has 0 heterocycles. The van der Waals surface area contributed by atoms with E-state index in [1.165, 1.54) is 12.2 Å². The van der Waals surface area contributed by atoms with Crippen LogP contribution in [-0.2, 0) is 0 Å². The van der Waals surface area contributed by atoms with E-state index in [0.29, 0.717) is 0 Å². The molecule has 2 rings (SSSR count). The fourth-order valence-corrected chi connectivity index (χ4v) is 1.80. The minimum absolute atomic E-state index is 0.0985. The lowest BCUT2D eigenvalue weighted by Crippen LogP contribution is -2.28. The summed E-state index contributed by atoms with van der Waals surface area (Å²) in [6, 6.07) is 9.84. The van der Waals surface area contributed by atoms with Crippen LogP contribution in [0.4, 0.5) is 0 Å². The molecule has 0 aliphatic heterocycles. The first kappa shape index (κ1) is 11.0. The number of allylic oxidation sites excluding steroid dienone is 2. The molecule has 0 bridgehead atoms. The molecular formula is C12H11NO2S. The van der Waals surface area contributed by atoms with Gasteiger partial charge in [0.2, 0.25) is 0 Å². The van der Waals surface area contributed by atoms with Crippen molar-refractivity contribution in [1.82, 2.24) is 0 Å². The van der Waals surface area contributed by atoms with E-state index >= 15 is 0 Å². The van der Waals surface area contributed by atoms with Crippen molar-refractivity contribution in [1.29, 1.82) is 0 Å². The van der Waals surface area contributed by atoms with E-state index in [1.54, 1.807) is 0 Å². The van der Waals surface area contributed by atoms with Crippen LogP contribution in [0.5, 0.6) is 0 Å². The smallest absolute Gasteiger partial charge is 0.262 e. The van der Waals surface area contributed by atoms with Gasteiger partial charge < -0.3 is 0 Å². The first-order chi connectivity index (χ1) is 7.62. The normalized spacial score (nSPS) is 27.9. The van der Waals surface area contributed by atoms with Crippen molar-refractivity contribution in [2.75, 3.05) is 0 Å². The summed E-state index contributed by atoms with van der Waals surface area (Å²) in [5.74, 6) is 0.0985. The van der Waals surface area contributed by atoms with Crippen LogP contribution in [0.15, 0.2) is 54.6 Å². The molecule has 0 N–H and O–H groups in total. The lowest BCUT2D eigenvalue weighted by molar-refractivity contribution is -0.510. The molecule has 0 saturated carbocycles. The van der Waals surface area contributed by atoms with E-state index in [0.717, 1.165) is 5.56 Å². The molecule has 0 unspecified atom stereocenters. The Balaban J connectivity index is 2.22. The molecule has 0 radical (unpaired) electrons. The standard InChI is InChI=1S/C12H11NO2S/c14-13(15)12(16)8-6-11(7-9-12)10-4-2-1-3-5-10/h1-9,11,16H. The number of hydrogen-bond donors (Lipinski definition) is 1. The molecule has 0 atom stereocenters. The molecule has 1 aliphatic carbocycles. The van der Waals surface area contributed by atoms with Gasteiger partial charge in [-0.3, -0.25) is 10.1 Å². The van der Waals surface area contributed by atoms with Gasteiger partial charge in [0.15, 0.2) is 0 Å². The maximum atomic E-state index is 10.7. The zero-order chi connectivity index (χ0) is 11.6. The second-order valence-electron chi connectivity index (χ2n) is 3.69. The number of nitrogens with zero attached hydrogens (tertiary/aromatic N) is 1. The van der Waals surface area contributed by atoms with Crippen molar-refractivity contribution < 1.29 is 4.92 Å². The van der Waals surface area contributed by atoms with Gasteiger partial charge >= 0.3 is 4.87 Å². The molecule has 1 aromatic carbocycles. The SMILES string of the molecule is O=[N+]([O-])C1(S)C=CC(c2ccccc2)C=C1. The molecule has 0 fully saturated rings. The highest BCUT2D eigenvalue weighted by atomic mass is 32.1. The van der Waals surface area contributed by atoms with Crippen LogP contribution < -0.4 is 0 Å². The van der Waals surface area contributed by atoms with E-state index < -0.39 is 9.79 Å². The van der Waals surface area contributed by atoms with E-state index in [1.807, 2.05) is 42.5 Å². The van der Waals surface area contributed by atoms with E-state index in [-0.39, 0.29) is 5.92 Å². The van der Waals surface area contributed by atoms with Gasteiger partial charge in [-0.15, -0.1) is 0 Å². The van der Waals surface area contributed by atoms with Crippen molar-refractivity contribution in [3.05, 3.63) is 70.3 Å². The van der Waals surface area contributed by atoms with Crippen molar-refractivity contribution in [2.45, 2.75) is 10.8 Å². The molecule has 1 aromatic rings. The third-order valence-corrected chi connectivity index (χ3v) is 3.04. The fraction of sp³-hybridized carbons (Fsp3) is 0.167.